The first-order chi connectivity index (χ1) is 10.9. The van der Waals surface area contributed by atoms with Crippen LogP contribution in [0.5, 0.6) is 5.75 Å². The number of benzene rings is 1. The lowest BCUT2D eigenvalue weighted by Gasteiger charge is -2.10. The van der Waals surface area contributed by atoms with E-state index >= 15 is 0 Å². The van der Waals surface area contributed by atoms with E-state index in [9.17, 15) is 13.2 Å². The quantitative estimate of drug-likeness (QED) is 0.563. The van der Waals surface area contributed by atoms with Crippen molar-refractivity contribution in [3.05, 3.63) is 48.3 Å². The van der Waals surface area contributed by atoms with E-state index in [0.717, 1.165) is 16.5 Å². The van der Waals surface area contributed by atoms with E-state index in [4.69, 9.17) is 4.74 Å². The van der Waals surface area contributed by atoms with E-state index in [2.05, 4.69) is 16.8 Å². The number of aromatic nitrogens is 3. The molecule has 23 heavy (non-hydrogen) atoms. The van der Waals surface area contributed by atoms with Crippen molar-refractivity contribution < 1.29 is 17.9 Å². The second-order valence-corrected chi connectivity index (χ2v) is 5.71. The van der Waals surface area contributed by atoms with Crippen molar-refractivity contribution in [1.82, 2.24) is 14.8 Å². The highest BCUT2D eigenvalue weighted by Gasteiger charge is 2.28. The molecule has 2 rings (SSSR count). The summed E-state index contributed by atoms with van der Waals surface area (Å²) in [5.74, 6) is 1.54. The summed E-state index contributed by atoms with van der Waals surface area (Å²) in [7, 11) is 0. The number of aryl methyl sites for hydroxylation is 1. The fraction of sp³-hybridized carbons (Fsp3) is 0.333. The Morgan fingerprint density at radius 1 is 1.35 bits per heavy atom. The molecule has 0 fully saturated rings. The third kappa shape index (κ3) is 5.31. The lowest BCUT2D eigenvalue weighted by molar-refractivity contribution is -0.153. The zero-order valence-corrected chi connectivity index (χ0v) is 13.3. The Balaban J connectivity index is 2.00. The molecular formula is C15H16F3N3OS. The third-order valence-electron chi connectivity index (χ3n) is 2.88. The Labute approximate surface area is 136 Å². The van der Waals surface area contributed by atoms with Crippen LogP contribution in [0.15, 0.2) is 42.1 Å². The lowest BCUT2D eigenvalue weighted by atomic mass is 10.2. The number of rotatable bonds is 7. The minimum Gasteiger partial charge on any atom is -0.484 e. The van der Waals surface area contributed by atoms with Gasteiger partial charge in [0.2, 0.25) is 0 Å². The van der Waals surface area contributed by atoms with Gasteiger partial charge in [0.05, 0.1) is 0 Å². The molecule has 2 aromatic rings. The lowest BCUT2D eigenvalue weighted by Crippen LogP contribution is -2.19. The van der Waals surface area contributed by atoms with Crippen molar-refractivity contribution in [2.24, 2.45) is 0 Å². The third-order valence-corrected chi connectivity index (χ3v) is 3.92. The molecule has 0 aliphatic carbocycles. The maximum atomic E-state index is 12.2. The van der Waals surface area contributed by atoms with Gasteiger partial charge in [-0.15, -0.1) is 16.8 Å². The molecule has 0 aliphatic heterocycles. The number of halogens is 3. The highest BCUT2D eigenvalue weighted by atomic mass is 32.2. The molecule has 0 atom stereocenters. The average molecular weight is 343 g/mol. The van der Waals surface area contributed by atoms with E-state index in [1.54, 1.807) is 18.2 Å². The summed E-state index contributed by atoms with van der Waals surface area (Å²) in [6.45, 7) is 4.86. The molecule has 0 amide bonds. The molecule has 0 bridgehead atoms. The normalized spacial score (nSPS) is 11.5. The molecule has 8 heteroatoms. The summed E-state index contributed by atoms with van der Waals surface area (Å²) in [4.78, 5) is 0. The summed E-state index contributed by atoms with van der Waals surface area (Å²) in [5, 5.41) is 8.84. The van der Waals surface area contributed by atoms with Crippen LogP contribution in [0.25, 0.3) is 0 Å². The van der Waals surface area contributed by atoms with Crippen LogP contribution >= 0.6 is 11.8 Å². The Bertz CT molecular complexity index is 670. The van der Waals surface area contributed by atoms with Crippen molar-refractivity contribution in [3.63, 3.8) is 0 Å². The average Bonchev–Trinajstić information content (AvgIpc) is 2.84. The van der Waals surface area contributed by atoms with E-state index in [1.807, 2.05) is 17.6 Å². The SMILES string of the molecule is C=CCn1c(C)nnc1SCc1cccc(OCC(F)(F)F)c1. The van der Waals surface area contributed by atoms with Gasteiger partial charge in [0.25, 0.3) is 0 Å². The van der Waals surface area contributed by atoms with Crippen molar-refractivity contribution in [2.75, 3.05) is 6.61 Å². The molecule has 0 aliphatic rings. The molecule has 0 saturated carbocycles. The molecule has 0 saturated heterocycles. The van der Waals surface area contributed by atoms with Crippen LogP contribution in [0, 0.1) is 6.92 Å². The number of hydrogen-bond acceptors (Lipinski definition) is 4. The predicted octanol–water partition coefficient (Wildman–Crippen LogP) is 4.01. The van der Waals surface area contributed by atoms with Crippen LogP contribution in [0.1, 0.15) is 11.4 Å². The topological polar surface area (TPSA) is 39.9 Å². The molecule has 124 valence electrons. The smallest absolute Gasteiger partial charge is 0.422 e. The Morgan fingerprint density at radius 3 is 2.83 bits per heavy atom. The summed E-state index contributed by atoms with van der Waals surface area (Å²) in [6.07, 6.45) is -2.59. The molecular weight excluding hydrogens is 327 g/mol. The fourth-order valence-corrected chi connectivity index (χ4v) is 2.78. The molecule has 0 N–H and O–H groups in total. The van der Waals surface area contributed by atoms with Gasteiger partial charge in [-0.3, -0.25) is 0 Å². The van der Waals surface area contributed by atoms with Crippen molar-refractivity contribution in [3.8, 4) is 5.75 Å². The van der Waals surface area contributed by atoms with Gasteiger partial charge in [-0.25, -0.2) is 0 Å². The minimum absolute atomic E-state index is 0.198. The van der Waals surface area contributed by atoms with Gasteiger partial charge in [-0.05, 0) is 24.6 Å². The summed E-state index contributed by atoms with van der Waals surface area (Å²) in [6, 6.07) is 6.60. The van der Waals surface area contributed by atoms with Crippen LogP contribution in [-0.4, -0.2) is 27.5 Å². The van der Waals surface area contributed by atoms with Crippen LogP contribution in [0.3, 0.4) is 0 Å². The Morgan fingerprint density at radius 2 is 2.13 bits per heavy atom. The zero-order valence-electron chi connectivity index (χ0n) is 12.5. The minimum atomic E-state index is -4.34. The van der Waals surface area contributed by atoms with Crippen molar-refractivity contribution in [2.45, 2.75) is 30.6 Å². The van der Waals surface area contributed by atoms with Gasteiger partial charge >= 0.3 is 6.18 Å². The van der Waals surface area contributed by atoms with E-state index in [0.29, 0.717) is 12.3 Å². The van der Waals surface area contributed by atoms with Crippen LogP contribution < -0.4 is 4.74 Å². The number of nitrogens with zero attached hydrogens (tertiary/aromatic N) is 3. The summed E-state index contributed by atoms with van der Waals surface area (Å²) >= 11 is 1.46. The van der Waals surface area contributed by atoms with Gasteiger partial charge in [-0.1, -0.05) is 30.0 Å². The number of ether oxygens (including phenoxy) is 1. The predicted molar refractivity (Wildman–Crippen MR) is 82.5 cm³/mol. The Kier molecular flexibility index (Phi) is 5.70. The van der Waals surface area contributed by atoms with Crippen LogP contribution in [0.2, 0.25) is 0 Å². The number of hydrogen-bond donors (Lipinski definition) is 0. The number of thioether (sulfide) groups is 1. The fourth-order valence-electron chi connectivity index (χ4n) is 1.85. The first-order valence-electron chi connectivity index (χ1n) is 6.81. The van der Waals surface area contributed by atoms with Gasteiger partial charge in [0.1, 0.15) is 11.6 Å². The monoisotopic (exact) mass is 343 g/mol. The van der Waals surface area contributed by atoms with Gasteiger partial charge < -0.3 is 9.30 Å². The standard InChI is InChI=1S/C15H16F3N3OS/c1-3-7-21-11(2)19-20-14(21)23-9-12-5-4-6-13(8-12)22-10-15(16,17)18/h3-6,8H,1,7,9-10H2,2H3. The van der Waals surface area contributed by atoms with Gasteiger partial charge in [-0.2, -0.15) is 13.2 Å². The highest BCUT2D eigenvalue weighted by molar-refractivity contribution is 7.98. The zero-order chi connectivity index (χ0) is 16.9. The maximum absolute atomic E-state index is 12.2. The van der Waals surface area contributed by atoms with Crippen molar-refractivity contribution in [1.29, 1.82) is 0 Å². The molecule has 0 unspecified atom stereocenters. The molecule has 0 spiro atoms. The summed E-state index contributed by atoms with van der Waals surface area (Å²) < 4.78 is 43.2. The van der Waals surface area contributed by atoms with Gasteiger partial charge in [0.15, 0.2) is 11.8 Å². The second-order valence-electron chi connectivity index (χ2n) is 4.77. The molecule has 4 nitrogen and oxygen atoms in total. The summed E-state index contributed by atoms with van der Waals surface area (Å²) in [5.41, 5.74) is 0.848. The van der Waals surface area contributed by atoms with E-state index < -0.39 is 12.8 Å². The van der Waals surface area contributed by atoms with Crippen LogP contribution in [-0.2, 0) is 12.3 Å². The Hall–Kier alpha value is -1.96. The first kappa shape index (κ1) is 17.4. The molecule has 1 aromatic carbocycles. The highest BCUT2D eigenvalue weighted by Crippen LogP contribution is 2.25. The number of allylic oxidation sites excluding steroid dienone is 1. The van der Waals surface area contributed by atoms with E-state index in [1.165, 1.54) is 17.8 Å². The van der Waals surface area contributed by atoms with E-state index in [-0.39, 0.29) is 5.75 Å². The molecule has 1 aromatic heterocycles. The first-order valence-corrected chi connectivity index (χ1v) is 7.79. The second kappa shape index (κ2) is 7.54. The van der Waals surface area contributed by atoms with Gasteiger partial charge in [0, 0.05) is 12.3 Å². The maximum Gasteiger partial charge on any atom is 0.422 e. The largest absolute Gasteiger partial charge is 0.484 e. The molecule has 1 heterocycles. The number of alkyl halides is 3. The molecule has 0 radical (unpaired) electrons. The van der Waals surface area contributed by atoms with Crippen molar-refractivity contribution >= 4 is 11.8 Å². The van der Waals surface area contributed by atoms with Crippen LogP contribution in [0.4, 0.5) is 13.2 Å².